The summed E-state index contributed by atoms with van der Waals surface area (Å²) in [6.45, 7) is 5.01. The van der Waals surface area contributed by atoms with Gasteiger partial charge in [-0.2, -0.15) is 0 Å². The van der Waals surface area contributed by atoms with E-state index in [0.717, 1.165) is 11.1 Å². The molecule has 1 aliphatic rings. The number of morpholine rings is 1. The number of ether oxygens (including phenoxy) is 1. The molecule has 1 atom stereocenters. The van der Waals surface area contributed by atoms with E-state index in [1.807, 2.05) is 55.5 Å². The Kier molecular flexibility index (Phi) is 5.31. The molecule has 0 aliphatic carbocycles. The van der Waals surface area contributed by atoms with Crippen LogP contribution in [0.4, 0.5) is 0 Å². The van der Waals surface area contributed by atoms with Gasteiger partial charge < -0.3 is 9.15 Å². The van der Waals surface area contributed by atoms with Gasteiger partial charge in [0, 0.05) is 13.1 Å². The van der Waals surface area contributed by atoms with E-state index in [1.165, 1.54) is 0 Å². The van der Waals surface area contributed by atoms with Crippen molar-refractivity contribution >= 4 is 11.0 Å². The molecular formula is C23H23N5O3. The van der Waals surface area contributed by atoms with Crippen LogP contribution < -0.4 is 5.43 Å². The number of hydrogen-bond acceptors (Lipinski definition) is 7. The van der Waals surface area contributed by atoms with Crippen LogP contribution in [-0.4, -0.2) is 51.4 Å². The average Bonchev–Trinajstić information content (AvgIpc) is 3.25. The number of aryl methyl sites for hydroxylation is 1. The summed E-state index contributed by atoms with van der Waals surface area (Å²) in [6, 6.07) is 15.2. The predicted molar refractivity (Wildman–Crippen MR) is 115 cm³/mol. The highest BCUT2D eigenvalue weighted by molar-refractivity contribution is 5.77. The quantitative estimate of drug-likeness (QED) is 0.493. The van der Waals surface area contributed by atoms with Crippen LogP contribution in [0.25, 0.3) is 11.0 Å². The molecule has 1 aliphatic heterocycles. The lowest BCUT2D eigenvalue weighted by molar-refractivity contribution is 0.0212. The number of tetrazole rings is 1. The Morgan fingerprint density at radius 2 is 1.90 bits per heavy atom. The molecule has 0 amide bonds. The van der Waals surface area contributed by atoms with E-state index in [-0.39, 0.29) is 5.43 Å². The van der Waals surface area contributed by atoms with Crippen molar-refractivity contribution in [3.63, 3.8) is 0 Å². The third-order valence-electron chi connectivity index (χ3n) is 5.64. The van der Waals surface area contributed by atoms with E-state index in [2.05, 4.69) is 20.4 Å². The van der Waals surface area contributed by atoms with Gasteiger partial charge in [0.15, 0.2) is 11.3 Å². The van der Waals surface area contributed by atoms with Gasteiger partial charge in [-0.05, 0) is 35.0 Å². The molecule has 31 heavy (non-hydrogen) atoms. The van der Waals surface area contributed by atoms with Crippen LogP contribution in [0.15, 0.2) is 64.0 Å². The molecule has 1 saturated heterocycles. The van der Waals surface area contributed by atoms with Gasteiger partial charge in [-0.25, -0.2) is 4.68 Å². The molecule has 1 unspecified atom stereocenters. The maximum absolute atomic E-state index is 13.5. The van der Waals surface area contributed by atoms with Gasteiger partial charge in [-0.15, -0.1) is 5.10 Å². The molecule has 0 radical (unpaired) electrons. The molecular weight excluding hydrogens is 394 g/mol. The zero-order valence-electron chi connectivity index (χ0n) is 17.3. The zero-order chi connectivity index (χ0) is 21.2. The van der Waals surface area contributed by atoms with Crippen LogP contribution in [0.5, 0.6) is 0 Å². The average molecular weight is 417 g/mol. The summed E-state index contributed by atoms with van der Waals surface area (Å²) >= 11 is 0. The monoisotopic (exact) mass is 417 g/mol. The first-order valence-electron chi connectivity index (χ1n) is 10.3. The first-order valence-corrected chi connectivity index (χ1v) is 10.3. The fourth-order valence-electron chi connectivity index (χ4n) is 4.06. The molecule has 4 aromatic rings. The number of benzene rings is 2. The van der Waals surface area contributed by atoms with Crippen LogP contribution in [0.1, 0.15) is 28.6 Å². The molecule has 158 valence electrons. The third-order valence-corrected chi connectivity index (χ3v) is 5.64. The number of aromatic nitrogens is 4. The second-order valence-corrected chi connectivity index (χ2v) is 7.75. The molecule has 0 saturated carbocycles. The van der Waals surface area contributed by atoms with Gasteiger partial charge in [0.1, 0.15) is 17.9 Å². The van der Waals surface area contributed by atoms with E-state index < -0.39 is 6.04 Å². The Morgan fingerprint density at radius 1 is 1.10 bits per heavy atom. The van der Waals surface area contributed by atoms with E-state index in [4.69, 9.17) is 9.15 Å². The number of fused-ring (bicyclic) bond motifs is 1. The lowest BCUT2D eigenvalue weighted by Crippen LogP contribution is -2.42. The number of hydrogen-bond donors (Lipinski definition) is 0. The fourth-order valence-corrected chi connectivity index (χ4v) is 4.06. The van der Waals surface area contributed by atoms with Crippen LogP contribution in [-0.2, 0) is 11.3 Å². The summed E-state index contributed by atoms with van der Waals surface area (Å²) in [4.78, 5) is 15.7. The summed E-state index contributed by atoms with van der Waals surface area (Å²) in [7, 11) is 0. The Balaban J connectivity index is 1.63. The van der Waals surface area contributed by atoms with Gasteiger partial charge in [0.05, 0.1) is 30.7 Å². The van der Waals surface area contributed by atoms with Crippen molar-refractivity contribution in [1.29, 1.82) is 0 Å². The Hall–Kier alpha value is -3.36. The van der Waals surface area contributed by atoms with E-state index >= 15 is 0 Å². The van der Waals surface area contributed by atoms with Crippen molar-refractivity contribution in [3.8, 4) is 0 Å². The van der Waals surface area contributed by atoms with E-state index in [0.29, 0.717) is 55.2 Å². The van der Waals surface area contributed by atoms with Crippen molar-refractivity contribution in [2.75, 3.05) is 26.3 Å². The van der Waals surface area contributed by atoms with E-state index in [9.17, 15) is 4.79 Å². The molecule has 8 heteroatoms. The lowest BCUT2D eigenvalue weighted by Gasteiger charge is -2.33. The molecule has 8 nitrogen and oxygen atoms in total. The van der Waals surface area contributed by atoms with Crippen LogP contribution >= 0.6 is 0 Å². The predicted octanol–water partition coefficient (Wildman–Crippen LogP) is 2.56. The van der Waals surface area contributed by atoms with Crippen LogP contribution in [0.3, 0.4) is 0 Å². The Morgan fingerprint density at radius 3 is 2.71 bits per heavy atom. The largest absolute Gasteiger partial charge is 0.464 e. The second kappa shape index (κ2) is 8.41. The summed E-state index contributed by atoms with van der Waals surface area (Å²) in [6.07, 6.45) is 1.56. The molecule has 0 N–H and O–H groups in total. The maximum atomic E-state index is 13.5. The standard InChI is InChI=1S/C23H23N5O3/c1-16-7-8-20-18(13-16)22(29)19(15-31-20)21(27-9-11-30-12-10-27)23-24-25-26-28(23)14-17-5-3-2-4-6-17/h2-8,13,15,21H,9-12,14H2,1H3. The summed E-state index contributed by atoms with van der Waals surface area (Å²) in [5.74, 6) is 0.616. The Labute approximate surface area is 179 Å². The smallest absolute Gasteiger partial charge is 0.197 e. The highest BCUT2D eigenvalue weighted by Crippen LogP contribution is 2.28. The number of nitrogens with zero attached hydrogens (tertiary/aromatic N) is 5. The second-order valence-electron chi connectivity index (χ2n) is 7.75. The van der Waals surface area contributed by atoms with Crippen LogP contribution in [0.2, 0.25) is 0 Å². The van der Waals surface area contributed by atoms with Gasteiger partial charge in [0.25, 0.3) is 0 Å². The number of rotatable bonds is 5. The molecule has 0 spiro atoms. The third kappa shape index (κ3) is 3.87. The normalized spacial score (nSPS) is 15.9. The highest BCUT2D eigenvalue weighted by Gasteiger charge is 2.32. The first kappa shape index (κ1) is 19.6. The van der Waals surface area contributed by atoms with Crippen molar-refractivity contribution in [2.24, 2.45) is 0 Å². The fraction of sp³-hybridized carbons (Fsp3) is 0.304. The SMILES string of the molecule is Cc1ccc2occ(C(c3nnnn3Cc3ccccc3)N3CCOCC3)c(=O)c2c1. The molecule has 5 rings (SSSR count). The van der Waals surface area contributed by atoms with Crippen molar-refractivity contribution in [2.45, 2.75) is 19.5 Å². The Bertz CT molecular complexity index is 1250. The summed E-state index contributed by atoms with van der Waals surface area (Å²) in [5, 5.41) is 13.1. The van der Waals surface area contributed by atoms with Gasteiger partial charge in [-0.3, -0.25) is 9.69 Å². The van der Waals surface area contributed by atoms with Crippen LogP contribution in [0, 0.1) is 6.92 Å². The molecule has 1 fully saturated rings. The van der Waals surface area contributed by atoms with Crippen molar-refractivity contribution in [1.82, 2.24) is 25.1 Å². The van der Waals surface area contributed by atoms with Gasteiger partial charge in [-0.1, -0.05) is 42.0 Å². The minimum absolute atomic E-state index is 0.0595. The minimum atomic E-state index is -0.427. The minimum Gasteiger partial charge on any atom is -0.464 e. The van der Waals surface area contributed by atoms with E-state index in [1.54, 1.807) is 10.9 Å². The van der Waals surface area contributed by atoms with Gasteiger partial charge in [0.2, 0.25) is 0 Å². The van der Waals surface area contributed by atoms with Crippen molar-refractivity contribution < 1.29 is 9.15 Å². The molecule has 3 heterocycles. The summed E-state index contributed by atoms with van der Waals surface area (Å²) < 4.78 is 13.2. The molecule has 2 aromatic carbocycles. The first-order chi connectivity index (χ1) is 15.2. The molecule has 0 bridgehead atoms. The van der Waals surface area contributed by atoms with Gasteiger partial charge >= 0.3 is 0 Å². The lowest BCUT2D eigenvalue weighted by atomic mass is 10.0. The molecule has 2 aromatic heterocycles. The zero-order valence-corrected chi connectivity index (χ0v) is 17.3. The van der Waals surface area contributed by atoms with Crippen molar-refractivity contribution in [3.05, 3.63) is 87.5 Å². The topological polar surface area (TPSA) is 86.3 Å². The highest BCUT2D eigenvalue weighted by atomic mass is 16.5. The summed E-state index contributed by atoms with van der Waals surface area (Å²) in [5.41, 5.74) is 3.13. The maximum Gasteiger partial charge on any atom is 0.197 e.